The number of piperazine rings is 1. The molecule has 0 radical (unpaired) electrons. The van der Waals surface area contributed by atoms with Crippen molar-refractivity contribution in [3.63, 3.8) is 0 Å². The number of nitrogens with zero attached hydrogens (tertiary/aromatic N) is 2. The van der Waals surface area contributed by atoms with Crippen molar-refractivity contribution in [2.24, 2.45) is 5.92 Å². The van der Waals surface area contributed by atoms with Crippen LogP contribution in [0.2, 0.25) is 0 Å². The normalized spacial score (nSPS) is 19.3. The van der Waals surface area contributed by atoms with Crippen molar-refractivity contribution in [1.29, 1.82) is 0 Å². The van der Waals surface area contributed by atoms with Crippen LogP contribution in [0.5, 0.6) is 11.5 Å². The molecule has 0 unspecified atom stereocenters. The Kier molecular flexibility index (Phi) is 7.43. The fraction of sp³-hybridized carbons (Fsp3) is 0.480. The average molecular weight is 424 g/mol. The van der Waals surface area contributed by atoms with Crippen LogP contribution in [0, 0.1) is 5.92 Å². The van der Waals surface area contributed by atoms with E-state index in [2.05, 4.69) is 45.4 Å². The minimum atomic E-state index is -0.138. The Balaban J connectivity index is 1.13. The number of methoxy groups -OCH3 is 1. The maximum absolute atomic E-state index is 12.6. The van der Waals surface area contributed by atoms with Crippen LogP contribution >= 0.6 is 0 Å². The number of amides is 1. The van der Waals surface area contributed by atoms with E-state index in [1.54, 1.807) is 7.11 Å². The SMILES string of the molecule is COc1ccc2c(c1)C[C@H](C(=O)NCCCN1CCN(Cc3ccccc3)CC1)CO2. The molecule has 2 aliphatic rings. The van der Waals surface area contributed by atoms with Gasteiger partial charge < -0.3 is 19.7 Å². The van der Waals surface area contributed by atoms with E-state index in [0.29, 0.717) is 19.6 Å². The Morgan fingerprint density at radius 3 is 2.65 bits per heavy atom. The predicted molar refractivity (Wildman–Crippen MR) is 121 cm³/mol. The third-order valence-corrected chi connectivity index (χ3v) is 6.21. The first kappa shape index (κ1) is 21.7. The predicted octanol–water partition coefficient (Wildman–Crippen LogP) is 2.57. The van der Waals surface area contributed by atoms with Gasteiger partial charge in [0.1, 0.15) is 18.1 Å². The van der Waals surface area contributed by atoms with E-state index in [-0.39, 0.29) is 11.8 Å². The van der Waals surface area contributed by atoms with Gasteiger partial charge in [0.2, 0.25) is 5.91 Å². The quantitative estimate of drug-likeness (QED) is 0.662. The van der Waals surface area contributed by atoms with Crippen molar-refractivity contribution < 1.29 is 14.3 Å². The Morgan fingerprint density at radius 2 is 1.87 bits per heavy atom. The summed E-state index contributed by atoms with van der Waals surface area (Å²) in [5.41, 5.74) is 2.42. The molecule has 6 nitrogen and oxygen atoms in total. The van der Waals surface area contributed by atoms with Gasteiger partial charge in [-0.2, -0.15) is 0 Å². The first-order chi connectivity index (χ1) is 15.2. The summed E-state index contributed by atoms with van der Waals surface area (Å²) in [5, 5.41) is 3.11. The van der Waals surface area contributed by atoms with Gasteiger partial charge in [0, 0.05) is 39.3 Å². The summed E-state index contributed by atoms with van der Waals surface area (Å²) in [6.45, 7) is 7.60. The van der Waals surface area contributed by atoms with Gasteiger partial charge in [0.15, 0.2) is 0 Å². The lowest BCUT2D eigenvalue weighted by Gasteiger charge is -2.34. The molecule has 1 fully saturated rings. The fourth-order valence-electron chi connectivity index (χ4n) is 4.34. The lowest BCUT2D eigenvalue weighted by Crippen LogP contribution is -2.46. The fourth-order valence-corrected chi connectivity index (χ4v) is 4.34. The van der Waals surface area contributed by atoms with E-state index >= 15 is 0 Å². The van der Waals surface area contributed by atoms with Crippen LogP contribution in [-0.4, -0.2) is 68.7 Å². The molecule has 1 amide bonds. The van der Waals surface area contributed by atoms with Crippen molar-refractivity contribution in [2.75, 3.05) is 53.0 Å². The summed E-state index contributed by atoms with van der Waals surface area (Å²) in [7, 11) is 1.65. The molecule has 31 heavy (non-hydrogen) atoms. The molecule has 0 aromatic heterocycles. The molecule has 2 aromatic carbocycles. The molecule has 1 atom stereocenters. The van der Waals surface area contributed by atoms with Gasteiger partial charge in [-0.25, -0.2) is 0 Å². The van der Waals surface area contributed by atoms with E-state index in [9.17, 15) is 4.79 Å². The molecule has 0 spiro atoms. The topological polar surface area (TPSA) is 54.0 Å². The first-order valence-corrected chi connectivity index (χ1v) is 11.3. The maximum atomic E-state index is 12.6. The molecule has 166 valence electrons. The largest absolute Gasteiger partial charge is 0.497 e. The molecule has 0 saturated carbocycles. The van der Waals surface area contributed by atoms with E-state index in [1.807, 2.05) is 18.2 Å². The summed E-state index contributed by atoms with van der Waals surface area (Å²) in [5.74, 6) is 1.60. The van der Waals surface area contributed by atoms with Crippen molar-refractivity contribution in [3.8, 4) is 11.5 Å². The van der Waals surface area contributed by atoms with Gasteiger partial charge in [-0.15, -0.1) is 0 Å². The summed E-state index contributed by atoms with van der Waals surface area (Å²) in [6, 6.07) is 16.4. The van der Waals surface area contributed by atoms with Gasteiger partial charge in [0.25, 0.3) is 0 Å². The van der Waals surface area contributed by atoms with Crippen LogP contribution in [0.1, 0.15) is 17.5 Å². The van der Waals surface area contributed by atoms with E-state index in [4.69, 9.17) is 9.47 Å². The van der Waals surface area contributed by atoms with Crippen LogP contribution < -0.4 is 14.8 Å². The van der Waals surface area contributed by atoms with Gasteiger partial charge in [0.05, 0.1) is 13.0 Å². The minimum absolute atomic E-state index is 0.0844. The Hall–Kier alpha value is -2.57. The summed E-state index contributed by atoms with van der Waals surface area (Å²) >= 11 is 0. The molecule has 2 aliphatic heterocycles. The maximum Gasteiger partial charge on any atom is 0.226 e. The number of ether oxygens (including phenoxy) is 2. The lowest BCUT2D eigenvalue weighted by molar-refractivity contribution is -0.126. The second-order valence-corrected chi connectivity index (χ2v) is 8.43. The molecule has 1 saturated heterocycles. The van der Waals surface area contributed by atoms with Crippen LogP contribution in [0.4, 0.5) is 0 Å². The Morgan fingerprint density at radius 1 is 1.10 bits per heavy atom. The smallest absolute Gasteiger partial charge is 0.226 e. The zero-order valence-corrected chi connectivity index (χ0v) is 18.4. The highest BCUT2D eigenvalue weighted by molar-refractivity contribution is 5.79. The standard InChI is InChI=1S/C25H33N3O3/c1-30-23-8-9-24-21(17-23)16-22(19-31-24)25(29)26-10-5-11-27-12-14-28(15-13-27)18-20-6-3-2-4-7-20/h2-4,6-9,17,22H,5,10-16,18-19H2,1H3,(H,26,29)/t22-/m0/s1. The second-order valence-electron chi connectivity index (χ2n) is 8.43. The molecule has 0 bridgehead atoms. The molecule has 2 heterocycles. The number of rotatable bonds is 8. The minimum Gasteiger partial charge on any atom is -0.497 e. The third kappa shape index (κ3) is 5.99. The molecule has 0 aliphatic carbocycles. The third-order valence-electron chi connectivity index (χ3n) is 6.21. The number of hydrogen-bond acceptors (Lipinski definition) is 5. The van der Waals surface area contributed by atoms with E-state index < -0.39 is 0 Å². The summed E-state index contributed by atoms with van der Waals surface area (Å²) in [4.78, 5) is 17.6. The molecule has 1 N–H and O–H groups in total. The molecule has 2 aromatic rings. The van der Waals surface area contributed by atoms with Crippen LogP contribution in [0.25, 0.3) is 0 Å². The van der Waals surface area contributed by atoms with Crippen molar-refractivity contribution in [2.45, 2.75) is 19.4 Å². The molecular formula is C25H33N3O3. The zero-order chi connectivity index (χ0) is 21.5. The van der Waals surface area contributed by atoms with E-state index in [0.717, 1.165) is 62.8 Å². The number of nitrogens with one attached hydrogen (secondary N) is 1. The number of hydrogen-bond donors (Lipinski definition) is 1. The highest BCUT2D eigenvalue weighted by Gasteiger charge is 2.26. The number of benzene rings is 2. The van der Waals surface area contributed by atoms with Gasteiger partial charge in [-0.3, -0.25) is 9.69 Å². The highest BCUT2D eigenvalue weighted by atomic mass is 16.5. The van der Waals surface area contributed by atoms with Crippen LogP contribution in [0.15, 0.2) is 48.5 Å². The number of fused-ring (bicyclic) bond motifs is 1. The average Bonchev–Trinajstić information content (AvgIpc) is 2.82. The Bertz CT molecular complexity index is 850. The molecular weight excluding hydrogens is 390 g/mol. The lowest BCUT2D eigenvalue weighted by atomic mass is 9.96. The Labute approximate surface area is 185 Å². The van der Waals surface area contributed by atoms with Crippen molar-refractivity contribution in [1.82, 2.24) is 15.1 Å². The summed E-state index contributed by atoms with van der Waals surface area (Å²) < 4.78 is 11.1. The molecule has 4 rings (SSSR count). The highest BCUT2D eigenvalue weighted by Crippen LogP contribution is 2.30. The van der Waals surface area contributed by atoms with Gasteiger partial charge >= 0.3 is 0 Å². The number of carbonyl (C=O) groups is 1. The van der Waals surface area contributed by atoms with Gasteiger partial charge in [-0.1, -0.05) is 30.3 Å². The summed E-state index contributed by atoms with van der Waals surface area (Å²) in [6.07, 6.45) is 1.67. The molecule has 6 heteroatoms. The first-order valence-electron chi connectivity index (χ1n) is 11.3. The number of carbonyl (C=O) groups excluding carboxylic acids is 1. The van der Waals surface area contributed by atoms with Gasteiger partial charge in [-0.05, 0) is 48.7 Å². The van der Waals surface area contributed by atoms with Crippen molar-refractivity contribution in [3.05, 3.63) is 59.7 Å². The van der Waals surface area contributed by atoms with Crippen LogP contribution in [-0.2, 0) is 17.8 Å². The van der Waals surface area contributed by atoms with Crippen molar-refractivity contribution >= 4 is 5.91 Å². The monoisotopic (exact) mass is 423 g/mol. The van der Waals surface area contributed by atoms with E-state index in [1.165, 1.54) is 5.56 Å². The second kappa shape index (κ2) is 10.6. The zero-order valence-electron chi connectivity index (χ0n) is 18.4. The van der Waals surface area contributed by atoms with Crippen LogP contribution in [0.3, 0.4) is 0 Å².